The molecule has 0 saturated heterocycles. The van der Waals surface area contributed by atoms with Crippen LogP contribution in [0.2, 0.25) is 0 Å². The van der Waals surface area contributed by atoms with Gasteiger partial charge in [-0.3, -0.25) is 4.79 Å². The summed E-state index contributed by atoms with van der Waals surface area (Å²) in [5, 5.41) is 2.90. The Hall–Kier alpha value is -1.85. The van der Waals surface area contributed by atoms with Crippen LogP contribution in [-0.4, -0.2) is 12.5 Å². The maximum atomic E-state index is 12.4. The minimum Gasteiger partial charge on any atom is -0.397 e. The van der Waals surface area contributed by atoms with E-state index >= 15 is 0 Å². The molecule has 0 saturated carbocycles. The van der Waals surface area contributed by atoms with Crippen molar-refractivity contribution in [3.8, 4) is 0 Å². The average molecular weight is 375 g/mol. The van der Waals surface area contributed by atoms with Crippen molar-refractivity contribution in [2.45, 2.75) is 25.9 Å². The summed E-state index contributed by atoms with van der Waals surface area (Å²) in [4.78, 5) is 12.4. The van der Waals surface area contributed by atoms with Crippen LogP contribution in [0, 0.1) is 6.92 Å². The molecule has 1 atom stereocenters. The summed E-state index contributed by atoms with van der Waals surface area (Å²) in [6.07, 6.45) is 0.975. The Morgan fingerprint density at radius 3 is 3.00 bits per heavy atom. The zero-order valence-electron chi connectivity index (χ0n) is 12.9. The molecule has 1 aliphatic heterocycles. The first-order valence-electron chi connectivity index (χ1n) is 7.59. The predicted molar refractivity (Wildman–Crippen MR) is 95.4 cm³/mol. The zero-order chi connectivity index (χ0) is 16.4. The first-order chi connectivity index (χ1) is 11.0. The van der Waals surface area contributed by atoms with Crippen molar-refractivity contribution >= 4 is 33.2 Å². The van der Waals surface area contributed by atoms with E-state index in [1.807, 2.05) is 37.3 Å². The lowest BCUT2D eigenvalue weighted by molar-refractivity contribution is -0.119. The standard InChI is InChI=1S/C18H19BrN2O2/c1-11-8-13(19)9-15(18(11)20)21-17(22)10-16-14-5-3-2-4-12(14)6-7-23-16/h2-5,8-9,16H,6-7,10,20H2,1H3,(H,21,22). The van der Waals surface area contributed by atoms with Gasteiger partial charge in [0.1, 0.15) is 0 Å². The third kappa shape index (κ3) is 3.57. The minimum atomic E-state index is -0.200. The van der Waals surface area contributed by atoms with Crippen LogP contribution in [0.4, 0.5) is 11.4 Å². The second kappa shape index (κ2) is 6.72. The molecule has 1 unspecified atom stereocenters. The predicted octanol–water partition coefficient (Wildman–Crippen LogP) is 3.98. The molecular formula is C18H19BrN2O2. The number of rotatable bonds is 3. The fourth-order valence-electron chi connectivity index (χ4n) is 2.87. The van der Waals surface area contributed by atoms with E-state index in [0.29, 0.717) is 18.0 Å². The molecule has 4 nitrogen and oxygen atoms in total. The summed E-state index contributed by atoms with van der Waals surface area (Å²) in [6.45, 7) is 2.56. The Balaban J connectivity index is 1.74. The number of nitrogens with one attached hydrogen (secondary N) is 1. The van der Waals surface area contributed by atoms with Gasteiger partial charge in [0.15, 0.2) is 0 Å². The Morgan fingerprint density at radius 1 is 1.39 bits per heavy atom. The van der Waals surface area contributed by atoms with E-state index in [4.69, 9.17) is 10.5 Å². The van der Waals surface area contributed by atoms with E-state index in [1.54, 1.807) is 0 Å². The number of halogens is 1. The van der Waals surface area contributed by atoms with Gasteiger partial charge in [0.05, 0.1) is 30.5 Å². The summed E-state index contributed by atoms with van der Waals surface area (Å²) in [6, 6.07) is 11.9. The van der Waals surface area contributed by atoms with Crippen LogP contribution in [0.15, 0.2) is 40.9 Å². The highest BCUT2D eigenvalue weighted by Crippen LogP contribution is 2.31. The summed E-state index contributed by atoms with van der Waals surface area (Å²) >= 11 is 3.43. The second-order valence-corrected chi connectivity index (χ2v) is 6.66. The third-order valence-electron chi connectivity index (χ3n) is 4.09. The summed E-state index contributed by atoms with van der Waals surface area (Å²) in [5.74, 6) is -0.101. The van der Waals surface area contributed by atoms with Crippen LogP contribution in [0.5, 0.6) is 0 Å². The van der Waals surface area contributed by atoms with Gasteiger partial charge in [0.2, 0.25) is 5.91 Å². The van der Waals surface area contributed by atoms with Crippen LogP contribution < -0.4 is 11.1 Å². The summed E-state index contributed by atoms with van der Waals surface area (Å²) < 4.78 is 6.68. The van der Waals surface area contributed by atoms with Gasteiger partial charge in [-0.05, 0) is 42.2 Å². The van der Waals surface area contributed by atoms with Gasteiger partial charge in [0.25, 0.3) is 0 Å². The Kier molecular flexibility index (Phi) is 4.68. The van der Waals surface area contributed by atoms with Gasteiger partial charge >= 0.3 is 0 Å². The molecule has 120 valence electrons. The van der Waals surface area contributed by atoms with E-state index in [-0.39, 0.29) is 18.4 Å². The number of anilines is 2. The first kappa shape index (κ1) is 16.0. The number of amides is 1. The minimum absolute atomic E-state index is 0.101. The number of carbonyl (C=O) groups excluding carboxylic acids is 1. The fourth-order valence-corrected chi connectivity index (χ4v) is 3.45. The second-order valence-electron chi connectivity index (χ2n) is 5.74. The average Bonchev–Trinajstić information content (AvgIpc) is 2.52. The van der Waals surface area contributed by atoms with Crippen molar-refractivity contribution in [3.63, 3.8) is 0 Å². The molecule has 1 heterocycles. The molecule has 2 aromatic rings. The van der Waals surface area contributed by atoms with Crippen molar-refractivity contribution < 1.29 is 9.53 Å². The molecule has 0 aromatic heterocycles. The molecule has 0 spiro atoms. The molecule has 23 heavy (non-hydrogen) atoms. The highest BCUT2D eigenvalue weighted by molar-refractivity contribution is 9.10. The number of aryl methyl sites for hydroxylation is 1. The van der Waals surface area contributed by atoms with Gasteiger partial charge in [-0.2, -0.15) is 0 Å². The van der Waals surface area contributed by atoms with E-state index < -0.39 is 0 Å². The van der Waals surface area contributed by atoms with Crippen LogP contribution >= 0.6 is 15.9 Å². The molecule has 0 radical (unpaired) electrons. The number of ether oxygens (including phenoxy) is 1. The zero-order valence-corrected chi connectivity index (χ0v) is 14.5. The highest BCUT2D eigenvalue weighted by Gasteiger charge is 2.23. The molecule has 1 amide bonds. The van der Waals surface area contributed by atoms with Crippen LogP contribution in [0.3, 0.4) is 0 Å². The number of fused-ring (bicyclic) bond motifs is 1. The summed E-state index contributed by atoms with van der Waals surface area (Å²) in [7, 11) is 0. The summed E-state index contributed by atoms with van der Waals surface area (Å²) in [5.41, 5.74) is 10.6. The van der Waals surface area contributed by atoms with Gasteiger partial charge < -0.3 is 15.8 Å². The van der Waals surface area contributed by atoms with Gasteiger partial charge in [-0.25, -0.2) is 0 Å². The Bertz CT molecular complexity index is 746. The SMILES string of the molecule is Cc1cc(Br)cc(NC(=O)CC2OCCc3ccccc32)c1N. The van der Waals surface area contributed by atoms with Crippen molar-refractivity contribution in [2.75, 3.05) is 17.7 Å². The van der Waals surface area contributed by atoms with E-state index in [0.717, 1.165) is 22.0 Å². The quantitative estimate of drug-likeness (QED) is 0.798. The van der Waals surface area contributed by atoms with Gasteiger partial charge in [0, 0.05) is 4.47 Å². The molecule has 1 aliphatic rings. The fraction of sp³-hybridized carbons (Fsp3) is 0.278. The number of hydrogen-bond donors (Lipinski definition) is 2. The lowest BCUT2D eigenvalue weighted by Crippen LogP contribution is -2.22. The largest absolute Gasteiger partial charge is 0.397 e. The highest BCUT2D eigenvalue weighted by atomic mass is 79.9. The normalized spacial score (nSPS) is 16.7. The number of nitrogens with two attached hydrogens (primary N) is 1. The number of carbonyl (C=O) groups is 1. The molecule has 5 heteroatoms. The molecular weight excluding hydrogens is 356 g/mol. The van der Waals surface area contributed by atoms with E-state index in [1.165, 1.54) is 5.56 Å². The van der Waals surface area contributed by atoms with Gasteiger partial charge in [-0.1, -0.05) is 40.2 Å². The van der Waals surface area contributed by atoms with Crippen LogP contribution in [0.25, 0.3) is 0 Å². The van der Waals surface area contributed by atoms with Gasteiger partial charge in [-0.15, -0.1) is 0 Å². The van der Waals surface area contributed by atoms with Crippen LogP contribution in [0.1, 0.15) is 29.2 Å². The van der Waals surface area contributed by atoms with E-state index in [2.05, 4.69) is 27.3 Å². The molecule has 3 N–H and O–H groups in total. The Morgan fingerprint density at radius 2 is 2.17 bits per heavy atom. The molecule has 2 aromatic carbocycles. The molecule has 0 aliphatic carbocycles. The van der Waals surface area contributed by atoms with E-state index in [9.17, 15) is 4.79 Å². The third-order valence-corrected chi connectivity index (χ3v) is 4.55. The number of nitrogen functional groups attached to an aromatic ring is 1. The van der Waals surface area contributed by atoms with Crippen molar-refractivity contribution in [1.82, 2.24) is 0 Å². The number of benzene rings is 2. The van der Waals surface area contributed by atoms with Crippen molar-refractivity contribution in [1.29, 1.82) is 0 Å². The lowest BCUT2D eigenvalue weighted by Gasteiger charge is -2.25. The Labute approximate surface area is 144 Å². The molecule has 0 bridgehead atoms. The maximum Gasteiger partial charge on any atom is 0.227 e. The molecule has 3 rings (SSSR count). The van der Waals surface area contributed by atoms with Crippen LogP contribution in [-0.2, 0) is 16.0 Å². The lowest BCUT2D eigenvalue weighted by atomic mass is 9.95. The smallest absolute Gasteiger partial charge is 0.227 e. The maximum absolute atomic E-state index is 12.4. The van der Waals surface area contributed by atoms with Crippen molar-refractivity contribution in [2.24, 2.45) is 0 Å². The van der Waals surface area contributed by atoms with Crippen molar-refractivity contribution in [3.05, 3.63) is 57.6 Å². The topological polar surface area (TPSA) is 64.3 Å². The monoisotopic (exact) mass is 374 g/mol. The number of hydrogen-bond acceptors (Lipinski definition) is 3. The first-order valence-corrected chi connectivity index (χ1v) is 8.39. The molecule has 0 fully saturated rings.